The molecule has 2 rings (SSSR count). The molecule has 0 saturated heterocycles. The number of hydrogen-bond acceptors (Lipinski definition) is 4. The molecule has 0 aliphatic rings. The van der Waals surface area contributed by atoms with Gasteiger partial charge in [-0.1, -0.05) is 60.7 Å². The Balaban J connectivity index is 2.04. The monoisotopic (exact) mass is 394 g/mol. The van der Waals surface area contributed by atoms with E-state index in [0.717, 1.165) is 24.0 Å². The van der Waals surface area contributed by atoms with Gasteiger partial charge in [-0.05, 0) is 30.9 Å². The maximum Gasteiger partial charge on any atom is 0.680 e. The van der Waals surface area contributed by atoms with Crippen LogP contribution in [0.4, 0.5) is 0 Å². The number of rotatable bonds is 13. The number of alkyl halides is 1. The average molecular weight is 395 g/mol. The molecule has 142 valence electrons. The molecule has 0 N–H and O–H groups in total. The summed E-state index contributed by atoms with van der Waals surface area (Å²) in [5, 5.41) is 0. The largest absolute Gasteiger partial charge is 0.680 e. The Hall–Kier alpha value is -1.21. The quantitative estimate of drug-likeness (QED) is 0.274. The molecule has 0 spiro atoms. The van der Waals surface area contributed by atoms with Crippen molar-refractivity contribution in [3.63, 3.8) is 0 Å². The van der Waals surface area contributed by atoms with E-state index in [1.165, 1.54) is 0 Å². The highest BCUT2D eigenvalue weighted by Crippen LogP contribution is 2.18. The predicted molar refractivity (Wildman–Crippen MR) is 106 cm³/mol. The fourth-order valence-corrected chi connectivity index (χ4v) is 4.44. The zero-order valence-electron chi connectivity index (χ0n) is 15.2. The summed E-state index contributed by atoms with van der Waals surface area (Å²) in [5.41, 5.74) is 2.11. The zero-order valence-corrected chi connectivity index (χ0v) is 17.0. The van der Waals surface area contributed by atoms with E-state index in [4.69, 9.17) is 29.3 Å². The SMILES string of the molecule is CCO[Si](OCCCCCl)(OCc1ccccc1)OCc1ccccc1. The van der Waals surface area contributed by atoms with Crippen molar-refractivity contribution in [2.24, 2.45) is 0 Å². The lowest BCUT2D eigenvalue weighted by Gasteiger charge is -2.28. The van der Waals surface area contributed by atoms with E-state index in [1.807, 2.05) is 67.6 Å². The van der Waals surface area contributed by atoms with E-state index in [1.54, 1.807) is 0 Å². The van der Waals surface area contributed by atoms with Crippen molar-refractivity contribution in [3.8, 4) is 0 Å². The van der Waals surface area contributed by atoms with Gasteiger partial charge < -0.3 is 17.7 Å². The molecule has 4 nitrogen and oxygen atoms in total. The van der Waals surface area contributed by atoms with Gasteiger partial charge in [0.1, 0.15) is 0 Å². The molecule has 0 aliphatic heterocycles. The molecule has 0 aliphatic carbocycles. The van der Waals surface area contributed by atoms with E-state index in [9.17, 15) is 0 Å². The van der Waals surface area contributed by atoms with E-state index in [0.29, 0.717) is 32.3 Å². The van der Waals surface area contributed by atoms with Crippen LogP contribution in [0.25, 0.3) is 0 Å². The van der Waals surface area contributed by atoms with Crippen molar-refractivity contribution < 1.29 is 17.7 Å². The minimum Gasteiger partial charge on any atom is -0.351 e. The van der Waals surface area contributed by atoms with Crippen molar-refractivity contribution in [2.45, 2.75) is 33.0 Å². The van der Waals surface area contributed by atoms with Crippen molar-refractivity contribution in [1.82, 2.24) is 0 Å². The Morgan fingerprint density at radius 3 is 1.73 bits per heavy atom. The van der Waals surface area contributed by atoms with E-state index < -0.39 is 9.05 Å². The summed E-state index contributed by atoms with van der Waals surface area (Å²) in [4.78, 5) is 0. The second-order valence-corrected chi connectivity index (χ2v) is 8.26. The average Bonchev–Trinajstić information content (AvgIpc) is 2.70. The second kappa shape index (κ2) is 12.2. The predicted octanol–water partition coefficient (Wildman–Crippen LogP) is 4.93. The number of benzene rings is 2. The van der Waals surface area contributed by atoms with Gasteiger partial charge >= 0.3 is 9.05 Å². The molecule has 2 aromatic carbocycles. The lowest BCUT2D eigenvalue weighted by atomic mass is 10.2. The number of hydrogen-bond donors (Lipinski definition) is 0. The first-order valence-corrected chi connectivity index (χ1v) is 11.1. The molecule has 0 atom stereocenters. The summed E-state index contributed by atoms with van der Waals surface area (Å²) >= 11 is 5.76. The Kier molecular flexibility index (Phi) is 9.92. The normalized spacial score (nSPS) is 11.6. The van der Waals surface area contributed by atoms with Crippen LogP contribution < -0.4 is 0 Å². The lowest BCUT2D eigenvalue weighted by molar-refractivity contribution is -0.0417. The van der Waals surface area contributed by atoms with Gasteiger partial charge in [0.25, 0.3) is 0 Å². The van der Waals surface area contributed by atoms with Crippen molar-refractivity contribution in [1.29, 1.82) is 0 Å². The fraction of sp³-hybridized carbons (Fsp3) is 0.400. The van der Waals surface area contributed by atoms with Gasteiger partial charge in [0.2, 0.25) is 0 Å². The molecule has 0 bridgehead atoms. The van der Waals surface area contributed by atoms with E-state index in [-0.39, 0.29) is 0 Å². The van der Waals surface area contributed by atoms with Crippen molar-refractivity contribution in [2.75, 3.05) is 19.1 Å². The standard InChI is InChI=1S/C20H27ClO4Si/c1-2-22-26(23-16-10-9-15-21,24-17-19-11-5-3-6-12-19)25-18-20-13-7-4-8-14-20/h3-8,11-14H,2,9-10,15-18H2,1H3. The molecule has 0 amide bonds. The van der Waals surface area contributed by atoms with Crippen molar-refractivity contribution >= 4 is 20.6 Å². The van der Waals surface area contributed by atoms with Crippen LogP contribution in [0.15, 0.2) is 60.7 Å². The first-order valence-electron chi connectivity index (χ1n) is 8.97. The van der Waals surface area contributed by atoms with Gasteiger partial charge in [-0.15, -0.1) is 11.6 Å². The molecule has 0 unspecified atom stereocenters. The van der Waals surface area contributed by atoms with Crippen LogP contribution in [0, 0.1) is 0 Å². The minimum atomic E-state index is -3.25. The summed E-state index contributed by atoms with van der Waals surface area (Å²) in [6.07, 6.45) is 1.73. The molecular formula is C20H27ClO4Si. The van der Waals surface area contributed by atoms with Crippen LogP contribution >= 0.6 is 11.6 Å². The summed E-state index contributed by atoms with van der Waals surface area (Å²) in [6, 6.07) is 19.9. The molecule has 0 saturated carbocycles. The summed E-state index contributed by atoms with van der Waals surface area (Å²) in [6.45, 7) is 3.66. The van der Waals surface area contributed by atoms with Gasteiger partial charge in [-0.3, -0.25) is 0 Å². The highest BCUT2D eigenvalue weighted by molar-refractivity contribution is 6.53. The van der Waals surface area contributed by atoms with Gasteiger partial charge in [0.15, 0.2) is 0 Å². The molecule has 0 fully saturated rings. The molecular weight excluding hydrogens is 368 g/mol. The zero-order chi connectivity index (χ0) is 18.5. The number of unbranched alkanes of at least 4 members (excludes halogenated alkanes) is 1. The molecule has 0 heterocycles. The summed E-state index contributed by atoms with van der Waals surface area (Å²) in [7, 11) is -3.25. The summed E-state index contributed by atoms with van der Waals surface area (Å²) < 4.78 is 24.1. The van der Waals surface area contributed by atoms with Crippen LogP contribution in [0.5, 0.6) is 0 Å². The lowest BCUT2D eigenvalue weighted by Crippen LogP contribution is -2.49. The third-order valence-corrected chi connectivity index (χ3v) is 6.11. The highest BCUT2D eigenvalue weighted by atomic mass is 35.5. The van der Waals surface area contributed by atoms with Crippen LogP contribution in [0.3, 0.4) is 0 Å². The Bertz CT molecular complexity index is 554. The molecule has 26 heavy (non-hydrogen) atoms. The van der Waals surface area contributed by atoms with Crippen LogP contribution in [0.2, 0.25) is 0 Å². The van der Waals surface area contributed by atoms with E-state index >= 15 is 0 Å². The molecule has 0 aromatic heterocycles. The Morgan fingerprint density at radius 1 is 0.731 bits per heavy atom. The second-order valence-electron chi connectivity index (χ2n) is 5.73. The number of halogens is 1. The van der Waals surface area contributed by atoms with Crippen LogP contribution in [0.1, 0.15) is 30.9 Å². The molecule has 2 aromatic rings. The van der Waals surface area contributed by atoms with E-state index in [2.05, 4.69) is 0 Å². The topological polar surface area (TPSA) is 36.9 Å². The maximum atomic E-state index is 6.10. The first-order chi connectivity index (χ1) is 12.8. The summed E-state index contributed by atoms with van der Waals surface area (Å²) in [5.74, 6) is 0.613. The van der Waals surface area contributed by atoms with Crippen molar-refractivity contribution in [3.05, 3.63) is 71.8 Å². The first kappa shape index (κ1) is 21.1. The highest BCUT2D eigenvalue weighted by Gasteiger charge is 2.45. The van der Waals surface area contributed by atoms with Gasteiger partial charge in [-0.25, -0.2) is 0 Å². The fourth-order valence-electron chi connectivity index (χ4n) is 2.31. The third kappa shape index (κ3) is 7.58. The van der Waals surface area contributed by atoms with Crippen LogP contribution in [-0.4, -0.2) is 28.1 Å². The molecule has 0 radical (unpaired) electrons. The van der Waals surface area contributed by atoms with Gasteiger partial charge in [0.05, 0.1) is 13.2 Å². The third-order valence-electron chi connectivity index (χ3n) is 3.64. The maximum absolute atomic E-state index is 6.10. The molecule has 6 heteroatoms. The Labute approximate surface area is 162 Å². The van der Waals surface area contributed by atoms with Gasteiger partial charge in [0, 0.05) is 19.1 Å². The van der Waals surface area contributed by atoms with Crippen LogP contribution in [-0.2, 0) is 30.9 Å². The van der Waals surface area contributed by atoms with Gasteiger partial charge in [-0.2, -0.15) is 0 Å². The minimum absolute atomic E-state index is 0.386. The Morgan fingerprint density at radius 2 is 1.27 bits per heavy atom. The smallest absolute Gasteiger partial charge is 0.351 e.